The molecular weight excluding hydrogens is 352 g/mol. The maximum Gasteiger partial charge on any atom is 0.306 e. The van der Waals surface area contributed by atoms with Crippen molar-refractivity contribution in [2.24, 2.45) is 5.92 Å². The Morgan fingerprint density at radius 1 is 0.679 bits per heavy atom. The summed E-state index contributed by atoms with van der Waals surface area (Å²) < 4.78 is 10.8. The van der Waals surface area contributed by atoms with Crippen molar-refractivity contribution in [1.29, 1.82) is 0 Å². The molecule has 4 nitrogen and oxygen atoms in total. The summed E-state index contributed by atoms with van der Waals surface area (Å²) in [6, 6.07) is 0. The molecular formula is C24H46O4. The van der Waals surface area contributed by atoms with Crippen molar-refractivity contribution in [3.63, 3.8) is 0 Å². The minimum atomic E-state index is -0.287. The lowest BCUT2D eigenvalue weighted by molar-refractivity contribution is -0.154. The van der Waals surface area contributed by atoms with Gasteiger partial charge in [-0.25, -0.2) is 0 Å². The monoisotopic (exact) mass is 398 g/mol. The second-order valence-electron chi connectivity index (χ2n) is 7.98. The van der Waals surface area contributed by atoms with Crippen LogP contribution in [0.1, 0.15) is 124 Å². The lowest BCUT2D eigenvalue weighted by Crippen LogP contribution is -2.19. The van der Waals surface area contributed by atoms with E-state index in [4.69, 9.17) is 9.47 Å². The van der Waals surface area contributed by atoms with Crippen molar-refractivity contribution in [2.45, 2.75) is 130 Å². The van der Waals surface area contributed by atoms with Gasteiger partial charge in [0, 0.05) is 0 Å². The van der Waals surface area contributed by atoms with Crippen molar-refractivity contribution in [1.82, 2.24) is 0 Å². The van der Waals surface area contributed by atoms with E-state index in [9.17, 15) is 9.59 Å². The Hall–Kier alpha value is -1.06. The van der Waals surface area contributed by atoms with Crippen LogP contribution < -0.4 is 0 Å². The molecule has 0 saturated carbocycles. The van der Waals surface area contributed by atoms with E-state index in [1.54, 1.807) is 0 Å². The molecule has 1 unspecified atom stereocenters. The third-order valence-electron chi connectivity index (χ3n) is 5.60. The Kier molecular flexibility index (Phi) is 18.5. The van der Waals surface area contributed by atoms with Crippen LogP contribution in [0.15, 0.2) is 0 Å². The molecule has 0 aliphatic heterocycles. The SMILES string of the molecule is CCCCCCCCCCOC(=O)CCC(=O)OC(CC)CCC(CC)CC. The third-order valence-corrected chi connectivity index (χ3v) is 5.60. The van der Waals surface area contributed by atoms with E-state index >= 15 is 0 Å². The topological polar surface area (TPSA) is 52.6 Å². The quantitative estimate of drug-likeness (QED) is 0.174. The van der Waals surface area contributed by atoms with Crippen LogP contribution in [-0.4, -0.2) is 24.6 Å². The number of hydrogen-bond acceptors (Lipinski definition) is 4. The zero-order valence-corrected chi connectivity index (χ0v) is 19.1. The van der Waals surface area contributed by atoms with Gasteiger partial charge in [0.2, 0.25) is 0 Å². The molecule has 0 radical (unpaired) electrons. The second-order valence-corrected chi connectivity index (χ2v) is 7.98. The fraction of sp³-hybridized carbons (Fsp3) is 0.917. The molecule has 0 aliphatic carbocycles. The Bertz CT molecular complexity index is 377. The van der Waals surface area contributed by atoms with Crippen LogP contribution in [0.4, 0.5) is 0 Å². The zero-order chi connectivity index (χ0) is 21.0. The molecule has 0 bridgehead atoms. The van der Waals surface area contributed by atoms with Gasteiger partial charge in [0.15, 0.2) is 0 Å². The fourth-order valence-corrected chi connectivity index (χ4v) is 3.41. The lowest BCUT2D eigenvalue weighted by Gasteiger charge is -2.19. The number of ether oxygens (including phenoxy) is 2. The molecule has 0 aromatic carbocycles. The third kappa shape index (κ3) is 15.9. The summed E-state index contributed by atoms with van der Waals surface area (Å²) in [6.45, 7) is 9.16. The van der Waals surface area contributed by atoms with Crippen LogP contribution in [0.5, 0.6) is 0 Å². The molecule has 0 rings (SSSR count). The number of unbranched alkanes of at least 4 members (excludes halogenated alkanes) is 7. The Morgan fingerprint density at radius 2 is 1.25 bits per heavy atom. The molecule has 0 fully saturated rings. The Labute approximate surface area is 174 Å². The molecule has 28 heavy (non-hydrogen) atoms. The highest BCUT2D eigenvalue weighted by molar-refractivity contribution is 5.77. The summed E-state index contributed by atoms with van der Waals surface area (Å²) in [5.41, 5.74) is 0. The van der Waals surface area contributed by atoms with Crippen molar-refractivity contribution < 1.29 is 19.1 Å². The smallest absolute Gasteiger partial charge is 0.306 e. The first kappa shape index (κ1) is 26.9. The first-order valence-electron chi connectivity index (χ1n) is 11.9. The van der Waals surface area contributed by atoms with E-state index < -0.39 is 0 Å². The molecule has 0 aliphatic rings. The largest absolute Gasteiger partial charge is 0.466 e. The van der Waals surface area contributed by atoms with Gasteiger partial charge in [-0.05, 0) is 31.6 Å². The van der Waals surface area contributed by atoms with Gasteiger partial charge < -0.3 is 9.47 Å². The molecule has 0 heterocycles. The van der Waals surface area contributed by atoms with Crippen molar-refractivity contribution >= 4 is 11.9 Å². The number of carbonyl (C=O) groups is 2. The molecule has 0 aromatic heterocycles. The first-order chi connectivity index (χ1) is 13.6. The number of hydrogen-bond donors (Lipinski definition) is 0. The molecule has 0 spiro atoms. The van der Waals surface area contributed by atoms with E-state index in [1.807, 2.05) is 6.92 Å². The summed E-state index contributed by atoms with van der Waals surface area (Å²) in [7, 11) is 0. The van der Waals surface area contributed by atoms with Gasteiger partial charge in [0.05, 0.1) is 19.4 Å². The van der Waals surface area contributed by atoms with E-state index in [-0.39, 0.29) is 30.9 Å². The van der Waals surface area contributed by atoms with Crippen LogP contribution in [0.3, 0.4) is 0 Å². The Balaban J connectivity index is 3.71. The minimum absolute atomic E-state index is 0.0264. The Morgan fingerprint density at radius 3 is 1.82 bits per heavy atom. The highest BCUT2D eigenvalue weighted by Gasteiger charge is 2.16. The van der Waals surface area contributed by atoms with Gasteiger partial charge in [-0.15, -0.1) is 0 Å². The standard InChI is InChI=1S/C24H46O4/c1-5-9-10-11-12-13-14-15-20-27-23(25)18-19-24(26)28-22(8-4)17-16-21(6-2)7-3/h21-22H,5-20H2,1-4H3. The van der Waals surface area contributed by atoms with Gasteiger partial charge in [-0.1, -0.05) is 85.5 Å². The summed E-state index contributed by atoms with van der Waals surface area (Å²) in [6.07, 6.45) is 15.2. The van der Waals surface area contributed by atoms with Gasteiger partial charge in [-0.2, -0.15) is 0 Å². The first-order valence-corrected chi connectivity index (χ1v) is 11.9. The van der Waals surface area contributed by atoms with Gasteiger partial charge in [0.1, 0.15) is 6.10 Å². The average Bonchev–Trinajstić information content (AvgIpc) is 2.70. The molecule has 0 amide bonds. The van der Waals surface area contributed by atoms with Crippen molar-refractivity contribution in [2.75, 3.05) is 6.61 Å². The van der Waals surface area contributed by atoms with Crippen molar-refractivity contribution in [3.8, 4) is 0 Å². The molecule has 0 aromatic rings. The normalized spacial score (nSPS) is 12.2. The van der Waals surface area contributed by atoms with Gasteiger partial charge >= 0.3 is 11.9 Å². The summed E-state index contributed by atoms with van der Waals surface area (Å²) >= 11 is 0. The second kappa shape index (κ2) is 19.3. The van der Waals surface area contributed by atoms with Crippen LogP contribution >= 0.6 is 0 Å². The van der Waals surface area contributed by atoms with E-state index in [0.29, 0.717) is 12.5 Å². The summed E-state index contributed by atoms with van der Waals surface area (Å²) in [5.74, 6) is 0.143. The highest BCUT2D eigenvalue weighted by atomic mass is 16.5. The van der Waals surface area contributed by atoms with Crippen LogP contribution in [0.2, 0.25) is 0 Å². The molecule has 1 atom stereocenters. The van der Waals surface area contributed by atoms with E-state index in [1.165, 1.54) is 51.4 Å². The maximum absolute atomic E-state index is 12.0. The summed E-state index contributed by atoms with van der Waals surface area (Å²) in [5, 5.41) is 0. The maximum atomic E-state index is 12.0. The van der Waals surface area contributed by atoms with Crippen LogP contribution in [0, 0.1) is 5.92 Å². The molecule has 4 heteroatoms. The van der Waals surface area contributed by atoms with Crippen LogP contribution in [-0.2, 0) is 19.1 Å². The number of carbonyl (C=O) groups excluding carboxylic acids is 2. The molecule has 0 N–H and O–H groups in total. The average molecular weight is 399 g/mol. The minimum Gasteiger partial charge on any atom is -0.466 e. The van der Waals surface area contributed by atoms with Crippen LogP contribution in [0.25, 0.3) is 0 Å². The lowest BCUT2D eigenvalue weighted by atomic mass is 9.95. The predicted octanol–water partition coefficient (Wildman–Crippen LogP) is 6.99. The summed E-state index contributed by atoms with van der Waals surface area (Å²) in [4.78, 5) is 23.8. The zero-order valence-electron chi connectivity index (χ0n) is 19.1. The fourth-order valence-electron chi connectivity index (χ4n) is 3.41. The van der Waals surface area contributed by atoms with E-state index in [2.05, 4.69) is 20.8 Å². The highest BCUT2D eigenvalue weighted by Crippen LogP contribution is 2.19. The van der Waals surface area contributed by atoms with Crippen molar-refractivity contribution in [3.05, 3.63) is 0 Å². The van der Waals surface area contributed by atoms with Gasteiger partial charge in [0.25, 0.3) is 0 Å². The predicted molar refractivity (Wildman–Crippen MR) is 116 cm³/mol. The molecule has 0 saturated heterocycles. The van der Waals surface area contributed by atoms with E-state index in [0.717, 1.165) is 32.1 Å². The number of rotatable bonds is 19. The molecule has 166 valence electrons. The number of esters is 2. The van der Waals surface area contributed by atoms with Gasteiger partial charge in [-0.3, -0.25) is 9.59 Å².